The molecule has 0 spiro atoms. The van der Waals surface area contributed by atoms with Gasteiger partial charge in [0.2, 0.25) is 0 Å². The lowest BCUT2D eigenvalue weighted by atomic mass is 9.98. The van der Waals surface area contributed by atoms with E-state index in [2.05, 4.69) is 16.8 Å². The Bertz CT molecular complexity index is 443. The van der Waals surface area contributed by atoms with Crippen LogP contribution in [0.5, 0.6) is 0 Å². The number of allylic oxidation sites excluding steroid dienone is 1. The van der Waals surface area contributed by atoms with Crippen LogP contribution in [0.4, 0.5) is 0 Å². The molecule has 3 nitrogen and oxygen atoms in total. The van der Waals surface area contributed by atoms with Crippen molar-refractivity contribution in [3.63, 3.8) is 0 Å². The van der Waals surface area contributed by atoms with Crippen LogP contribution in [0, 0.1) is 0 Å². The molecule has 1 aliphatic carbocycles. The van der Waals surface area contributed by atoms with Crippen LogP contribution in [-0.4, -0.2) is 17.1 Å². The summed E-state index contributed by atoms with van der Waals surface area (Å²) >= 11 is 0. The molecule has 0 bridgehead atoms. The van der Waals surface area contributed by atoms with Crippen LogP contribution in [0.1, 0.15) is 37.9 Å². The largest absolute Gasteiger partial charge is 0.463 e. The minimum atomic E-state index is -0.261. The van der Waals surface area contributed by atoms with Crippen molar-refractivity contribution < 1.29 is 9.53 Å². The second-order valence-corrected chi connectivity index (χ2v) is 4.40. The Morgan fingerprint density at radius 3 is 3.00 bits per heavy atom. The molecule has 0 saturated carbocycles. The summed E-state index contributed by atoms with van der Waals surface area (Å²) in [5.74, 6) is -0.261. The first-order chi connectivity index (χ1) is 8.22. The molecule has 17 heavy (non-hydrogen) atoms. The fraction of sp³-hybridized carbons (Fsp3) is 0.500. The van der Waals surface area contributed by atoms with E-state index in [9.17, 15) is 4.79 Å². The van der Waals surface area contributed by atoms with Gasteiger partial charge in [-0.25, -0.2) is 4.79 Å². The van der Waals surface area contributed by atoms with Crippen molar-refractivity contribution in [1.82, 2.24) is 4.57 Å². The van der Waals surface area contributed by atoms with Crippen molar-refractivity contribution >= 4 is 11.7 Å². The number of hydrogen-bond donors (Lipinski definition) is 0. The predicted molar refractivity (Wildman–Crippen MR) is 67.7 cm³/mol. The molecule has 1 heterocycles. The molecule has 3 heteroatoms. The molecule has 0 aromatic carbocycles. The van der Waals surface area contributed by atoms with Crippen LogP contribution in [0.15, 0.2) is 18.3 Å². The predicted octanol–water partition coefficient (Wildman–Crippen LogP) is 2.79. The van der Waals surface area contributed by atoms with E-state index in [0.717, 1.165) is 18.5 Å². The van der Waals surface area contributed by atoms with Crippen molar-refractivity contribution in [2.45, 2.75) is 39.5 Å². The molecule has 1 aliphatic rings. The zero-order valence-electron chi connectivity index (χ0n) is 10.5. The van der Waals surface area contributed by atoms with Crippen molar-refractivity contribution in [3.05, 3.63) is 29.6 Å². The van der Waals surface area contributed by atoms with Gasteiger partial charge in [0.25, 0.3) is 0 Å². The van der Waals surface area contributed by atoms with Crippen LogP contribution in [0.25, 0.3) is 5.70 Å². The monoisotopic (exact) mass is 233 g/mol. The van der Waals surface area contributed by atoms with Gasteiger partial charge >= 0.3 is 5.97 Å². The molecule has 1 aromatic rings. The van der Waals surface area contributed by atoms with Crippen LogP contribution in [0.2, 0.25) is 0 Å². The molecular formula is C14H19NO2. The molecule has 0 N–H and O–H groups in total. The summed E-state index contributed by atoms with van der Waals surface area (Å²) in [6, 6.07) is 2.16. The lowest BCUT2D eigenvalue weighted by Crippen LogP contribution is -2.08. The molecular weight excluding hydrogens is 214 g/mol. The lowest BCUT2D eigenvalue weighted by molar-refractivity contribution is -0.137. The molecule has 0 saturated heterocycles. The fourth-order valence-electron chi connectivity index (χ4n) is 2.38. The summed E-state index contributed by atoms with van der Waals surface area (Å²) < 4.78 is 7.04. The normalized spacial score (nSPS) is 15.5. The second-order valence-electron chi connectivity index (χ2n) is 4.40. The molecule has 2 rings (SSSR count). The van der Waals surface area contributed by atoms with E-state index < -0.39 is 0 Å². The van der Waals surface area contributed by atoms with Gasteiger partial charge in [0.15, 0.2) is 0 Å². The zero-order chi connectivity index (χ0) is 12.3. The molecule has 1 aromatic heterocycles. The van der Waals surface area contributed by atoms with E-state index in [1.54, 1.807) is 6.08 Å². The van der Waals surface area contributed by atoms with Crippen LogP contribution in [-0.2, 0) is 22.4 Å². The van der Waals surface area contributed by atoms with E-state index in [1.165, 1.54) is 24.1 Å². The quantitative estimate of drug-likeness (QED) is 0.594. The number of rotatable bonds is 3. The minimum absolute atomic E-state index is 0.261. The zero-order valence-corrected chi connectivity index (χ0v) is 10.5. The molecule has 0 unspecified atom stereocenters. The molecule has 0 fully saturated rings. The van der Waals surface area contributed by atoms with Gasteiger partial charge in [0.05, 0.1) is 6.61 Å². The maximum absolute atomic E-state index is 11.4. The van der Waals surface area contributed by atoms with E-state index in [1.807, 2.05) is 13.8 Å². The summed E-state index contributed by atoms with van der Waals surface area (Å²) in [5.41, 5.74) is 3.72. The number of esters is 1. The third-order valence-electron chi connectivity index (χ3n) is 3.19. The van der Waals surface area contributed by atoms with Crippen molar-refractivity contribution in [1.29, 1.82) is 0 Å². The number of ether oxygens (including phenoxy) is 1. The van der Waals surface area contributed by atoms with Gasteiger partial charge in [-0.1, -0.05) is 0 Å². The SMILES string of the molecule is CCOC(=O)/C=C(/C)n1ccc2c1CCCC2. The number of fused-ring (bicyclic) bond motifs is 1. The first-order valence-electron chi connectivity index (χ1n) is 6.27. The second kappa shape index (κ2) is 5.21. The summed E-state index contributed by atoms with van der Waals surface area (Å²) in [6.07, 6.45) is 8.41. The molecule has 0 amide bonds. The Hall–Kier alpha value is -1.51. The highest BCUT2D eigenvalue weighted by molar-refractivity contribution is 5.87. The van der Waals surface area contributed by atoms with E-state index in [4.69, 9.17) is 4.74 Å². The van der Waals surface area contributed by atoms with Gasteiger partial charge in [0.1, 0.15) is 0 Å². The van der Waals surface area contributed by atoms with Gasteiger partial charge in [-0.2, -0.15) is 0 Å². The summed E-state index contributed by atoms with van der Waals surface area (Å²) in [6.45, 7) is 4.19. The smallest absolute Gasteiger partial charge is 0.332 e. The Labute approximate surface area is 102 Å². The van der Waals surface area contributed by atoms with Crippen molar-refractivity contribution in [2.75, 3.05) is 6.61 Å². The van der Waals surface area contributed by atoms with Crippen molar-refractivity contribution in [2.24, 2.45) is 0 Å². The highest BCUT2D eigenvalue weighted by Gasteiger charge is 2.14. The van der Waals surface area contributed by atoms with E-state index in [-0.39, 0.29) is 5.97 Å². The topological polar surface area (TPSA) is 31.2 Å². The van der Waals surface area contributed by atoms with Crippen LogP contribution < -0.4 is 0 Å². The van der Waals surface area contributed by atoms with Crippen LogP contribution in [0.3, 0.4) is 0 Å². The maximum Gasteiger partial charge on any atom is 0.332 e. The van der Waals surface area contributed by atoms with E-state index in [0.29, 0.717) is 6.61 Å². The molecule has 92 valence electrons. The summed E-state index contributed by atoms with van der Waals surface area (Å²) in [4.78, 5) is 11.4. The summed E-state index contributed by atoms with van der Waals surface area (Å²) in [5, 5.41) is 0. The molecule has 0 radical (unpaired) electrons. The fourth-order valence-corrected chi connectivity index (χ4v) is 2.38. The van der Waals surface area contributed by atoms with Gasteiger partial charge in [-0.15, -0.1) is 0 Å². The maximum atomic E-state index is 11.4. The Balaban J connectivity index is 2.22. The molecule has 0 atom stereocenters. The van der Waals surface area contributed by atoms with Gasteiger partial charge in [-0.3, -0.25) is 0 Å². The number of aryl methyl sites for hydroxylation is 1. The minimum Gasteiger partial charge on any atom is -0.463 e. The van der Waals surface area contributed by atoms with Gasteiger partial charge in [-0.05, 0) is 51.2 Å². The van der Waals surface area contributed by atoms with E-state index >= 15 is 0 Å². The number of hydrogen-bond acceptors (Lipinski definition) is 2. The Morgan fingerprint density at radius 2 is 2.24 bits per heavy atom. The van der Waals surface area contributed by atoms with Gasteiger partial charge in [0, 0.05) is 23.7 Å². The first kappa shape index (κ1) is 12.0. The highest BCUT2D eigenvalue weighted by atomic mass is 16.5. The Kier molecular flexibility index (Phi) is 3.67. The van der Waals surface area contributed by atoms with Gasteiger partial charge < -0.3 is 9.30 Å². The van der Waals surface area contributed by atoms with Crippen molar-refractivity contribution in [3.8, 4) is 0 Å². The average Bonchev–Trinajstić information content (AvgIpc) is 2.72. The number of aromatic nitrogens is 1. The summed E-state index contributed by atoms with van der Waals surface area (Å²) in [7, 11) is 0. The third kappa shape index (κ3) is 2.60. The number of nitrogens with zero attached hydrogens (tertiary/aromatic N) is 1. The Morgan fingerprint density at radius 1 is 1.47 bits per heavy atom. The lowest BCUT2D eigenvalue weighted by Gasteiger charge is -2.15. The number of carbonyl (C=O) groups excluding carboxylic acids is 1. The molecule has 0 aliphatic heterocycles. The highest BCUT2D eigenvalue weighted by Crippen LogP contribution is 2.24. The first-order valence-corrected chi connectivity index (χ1v) is 6.27. The third-order valence-corrected chi connectivity index (χ3v) is 3.19. The van der Waals surface area contributed by atoms with Crippen LogP contribution >= 0.6 is 0 Å². The standard InChI is InChI=1S/C14H19NO2/c1-3-17-14(16)10-11(2)15-9-8-12-6-4-5-7-13(12)15/h8-10H,3-7H2,1-2H3/b11-10-. The number of carbonyl (C=O) groups is 1. The average molecular weight is 233 g/mol.